The molecule has 6 nitrogen and oxygen atoms in total. The monoisotopic (exact) mass is 456 g/mol. The fourth-order valence-corrected chi connectivity index (χ4v) is 4.13. The molecule has 168 valence electrons. The Bertz CT molecular complexity index is 1210. The summed E-state index contributed by atoms with van der Waals surface area (Å²) in [5, 5.41) is 2.61. The highest BCUT2D eigenvalue weighted by molar-refractivity contribution is 7.89. The smallest absolute Gasteiger partial charge is 0.258 e. The van der Waals surface area contributed by atoms with E-state index >= 15 is 0 Å². The number of amides is 1. The average molecular weight is 457 g/mol. The zero-order chi connectivity index (χ0) is 23.3. The van der Waals surface area contributed by atoms with Gasteiger partial charge in [-0.2, -0.15) is 0 Å². The van der Waals surface area contributed by atoms with Crippen LogP contribution >= 0.6 is 0 Å². The van der Waals surface area contributed by atoms with E-state index in [0.29, 0.717) is 22.9 Å². The van der Waals surface area contributed by atoms with Gasteiger partial charge in [-0.3, -0.25) is 4.79 Å². The van der Waals surface area contributed by atoms with Crippen molar-refractivity contribution in [3.8, 4) is 5.75 Å². The van der Waals surface area contributed by atoms with E-state index in [9.17, 15) is 17.6 Å². The van der Waals surface area contributed by atoms with Gasteiger partial charge in [0.2, 0.25) is 10.0 Å². The molecule has 0 aliphatic rings. The fourth-order valence-electron chi connectivity index (χ4n) is 3.10. The Hall–Kier alpha value is -3.23. The third-order valence-corrected chi connectivity index (χ3v) is 6.37. The number of ether oxygens (including phenoxy) is 1. The summed E-state index contributed by atoms with van der Waals surface area (Å²) in [4.78, 5) is 12.4. The molecule has 8 heteroatoms. The van der Waals surface area contributed by atoms with Crippen molar-refractivity contribution in [3.05, 3.63) is 89.2 Å². The molecule has 0 atom stereocenters. The maximum atomic E-state index is 14.3. The van der Waals surface area contributed by atoms with Crippen LogP contribution in [0.15, 0.2) is 71.6 Å². The van der Waals surface area contributed by atoms with Gasteiger partial charge in [-0.25, -0.2) is 17.5 Å². The van der Waals surface area contributed by atoms with E-state index in [1.807, 2.05) is 12.1 Å². The number of hydrogen-bond donors (Lipinski definition) is 2. The molecule has 0 aromatic heterocycles. The maximum Gasteiger partial charge on any atom is 0.258 e. The van der Waals surface area contributed by atoms with Crippen molar-refractivity contribution in [2.24, 2.45) is 0 Å². The van der Waals surface area contributed by atoms with Gasteiger partial charge in [-0.1, -0.05) is 44.2 Å². The molecule has 3 aromatic carbocycles. The predicted molar refractivity (Wildman–Crippen MR) is 122 cm³/mol. The first kappa shape index (κ1) is 23.4. The molecule has 3 aromatic rings. The summed E-state index contributed by atoms with van der Waals surface area (Å²) < 4.78 is 47.5. The lowest BCUT2D eigenvalue weighted by atomic mass is 10.0. The number of sulfonamides is 1. The Morgan fingerprint density at radius 2 is 1.72 bits per heavy atom. The van der Waals surface area contributed by atoms with Gasteiger partial charge in [0.1, 0.15) is 11.6 Å². The number of methoxy groups -OCH3 is 1. The van der Waals surface area contributed by atoms with Gasteiger partial charge in [-0.15, -0.1) is 0 Å². The minimum atomic E-state index is -4.00. The molecule has 32 heavy (non-hydrogen) atoms. The van der Waals surface area contributed by atoms with Crippen LogP contribution < -0.4 is 14.8 Å². The van der Waals surface area contributed by atoms with Crippen molar-refractivity contribution in [1.82, 2.24) is 4.72 Å². The van der Waals surface area contributed by atoms with Crippen LogP contribution in [0, 0.1) is 5.82 Å². The van der Waals surface area contributed by atoms with Gasteiger partial charge in [0.05, 0.1) is 17.6 Å². The first-order valence-electron chi connectivity index (χ1n) is 10.0. The van der Waals surface area contributed by atoms with Crippen molar-refractivity contribution < 1.29 is 22.3 Å². The zero-order valence-electron chi connectivity index (χ0n) is 18.1. The Kier molecular flexibility index (Phi) is 7.27. The van der Waals surface area contributed by atoms with E-state index < -0.39 is 21.7 Å². The SMILES string of the molecule is COc1ccccc1CNS(=O)(=O)c1ccc(F)c(C(=O)Nc2ccc(C(C)C)cc2)c1. The van der Waals surface area contributed by atoms with Gasteiger partial charge < -0.3 is 10.1 Å². The van der Waals surface area contributed by atoms with Crippen LogP contribution in [0.3, 0.4) is 0 Å². The van der Waals surface area contributed by atoms with Crippen LogP contribution in [-0.4, -0.2) is 21.4 Å². The van der Waals surface area contributed by atoms with E-state index in [0.717, 1.165) is 23.8 Å². The molecule has 0 fully saturated rings. The highest BCUT2D eigenvalue weighted by atomic mass is 32.2. The number of carbonyl (C=O) groups is 1. The van der Waals surface area contributed by atoms with Crippen molar-refractivity contribution in [1.29, 1.82) is 0 Å². The van der Waals surface area contributed by atoms with Gasteiger partial charge in [0.15, 0.2) is 0 Å². The number of para-hydroxylation sites is 1. The largest absolute Gasteiger partial charge is 0.496 e. The Morgan fingerprint density at radius 1 is 1.03 bits per heavy atom. The zero-order valence-corrected chi connectivity index (χ0v) is 18.9. The topological polar surface area (TPSA) is 84.5 Å². The third kappa shape index (κ3) is 5.52. The van der Waals surface area contributed by atoms with Crippen LogP contribution in [-0.2, 0) is 16.6 Å². The molecule has 2 N–H and O–H groups in total. The Labute approximate surface area is 187 Å². The van der Waals surface area contributed by atoms with E-state index in [1.165, 1.54) is 7.11 Å². The molecule has 0 spiro atoms. The summed E-state index contributed by atoms with van der Waals surface area (Å²) in [5.74, 6) is -0.674. The second-order valence-electron chi connectivity index (χ2n) is 7.51. The van der Waals surface area contributed by atoms with Crippen molar-refractivity contribution in [2.75, 3.05) is 12.4 Å². The van der Waals surface area contributed by atoms with Crippen molar-refractivity contribution in [2.45, 2.75) is 31.2 Å². The summed E-state index contributed by atoms with van der Waals surface area (Å²) in [7, 11) is -2.50. The molecule has 0 saturated heterocycles. The van der Waals surface area contributed by atoms with Crippen molar-refractivity contribution >= 4 is 21.6 Å². The molecule has 0 heterocycles. The van der Waals surface area contributed by atoms with E-state index in [1.54, 1.807) is 36.4 Å². The van der Waals surface area contributed by atoms with Gasteiger partial charge in [0.25, 0.3) is 5.91 Å². The lowest BCUT2D eigenvalue weighted by Crippen LogP contribution is -2.24. The average Bonchev–Trinajstić information content (AvgIpc) is 2.78. The number of rotatable bonds is 8. The highest BCUT2D eigenvalue weighted by Gasteiger charge is 2.20. The molecular formula is C24H25FN2O4S. The van der Waals surface area contributed by atoms with E-state index in [-0.39, 0.29) is 17.0 Å². The van der Waals surface area contributed by atoms with Gasteiger partial charge in [0, 0.05) is 17.8 Å². The number of carbonyl (C=O) groups excluding carboxylic acids is 1. The molecule has 0 aliphatic carbocycles. The number of halogens is 1. The standard InChI is InChI=1S/C24H25FN2O4S/c1-16(2)17-8-10-19(11-9-17)27-24(28)21-14-20(12-13-22(21)25)32(29,30)26-15-18-6-4-5-7-23(18)31-3/h4-14,16,26H,15H2,1-3H3,(H,27,28). The summed E-state index contributed by atoms with van der Waals surface area (Å²) in [6.45, 7) is 4.08. The highest BCUT2D eigenvalue weighted by Crippen LogP contribution is 2.21. The normalized spacial score (nSPS) is 11.4. The van der Waals surface area contributed by atoms with Crippen LogP contribution in [0.25, 0.3) is 0 Å². The molecule has 0 radical (unpaired) electrons. The molecular weight excluding hydrogens is 431 g/mol. The number of benzene rings is 3. The summed E-state index contributed by atoms with van der Waals surface area (Å²) in [5.41, 5.74) is 1.87. The lowest BCUT2D eigenvalue weighted by molar-refractivity contribution is 0.102. The lowest BCUT2D eigenvalue weighted by Gasteiger charge is -2.12. The second-order valence-corrected chi connectivity index (χ2v) is 9.28. The minimum Gasteiger partial charge on any atom is -0.496 e. The van der Waals surface area contributed by atoms with Gasteiger partial charge >= 0.3 is 0 Å². The quantitative estimate of drug-likeness (QED) is 0.515. The summed E-state index contributed by atoms with van der Waals surface area (Å²) in [6, 6.07) is 17.3. The Morgan fingerprint density at radius 3 is 2.38 bits per heavy atom. The minimum absolute atomic E-state index is 0.0204. The number of nitrogens with one attached hydrogen (secondary N) is 2. The molecule has 1 amide bonds. The first-order chi connectivity index (χ1) is 15.2. The number of hydrogen-bond acceptors (Lipinski definition) is 4. The van der Waals surface area contributed by atoms with Crippen LogP contribution in [0.2, 0.25) is 0 Å². The summed E-state index contributed by atoms with van der Waals surface area (Å²) in [6.07, 6.45) is 0. The molecule has 0 aliphatic heterocycles. The van der Waals surface area contributed by atoms with Gasteiger partial charge in [-0.05, 0) is 47.9 Å². The molecule has 3 rings (SSSR count). The van der Waals surface area contributed by atoms with Crippen LogP contribution in [0.1, 0.15) is 41.3 Å². The fraction of sp³-hybridized carbons (Fsp3) is 0.208. The predicted octanol–water partition coefficient (Wildman–Crippen LogP) is 4.69. The van der Waals surface area contributed by atoms with E-state index in [2.05, 4.69) is 23.9 Å². The Balaban J connectivity index is 1.78. The second kappa shape index (κ2) is 9.93. The van der Waals surface area contributed by atoms with E-state index in [4.69, 9.17) is 4.74 Å². The summed E-state index contributed by atoms with van der Waals surface area (Å²) >= 11 is 0. The molecule has 0 saturated carbocycles. The maximum absolute atomic E-state index is 14.3. The van der Waals surface area contributed by atoms with Crippen LogP contribution in [0.4, 0.5) is 10.1 Å². The number of anilines is 1. The van der Waals surface area contributed by atoms with Crippen molar-refractivity contribution in [3.63, 3.8) is 0 Å². The third-order valence-electron chi connectivity index (χ3n) is 4.97. The molecule has 0 bridgehead atoms. The van der Waals surface area contributed by atoms with Crippen LogP contribution in [0.5, 0.6) is 5.75 Å². The first-order valence-corrected chi connectivity index (χ1v) is 11.5. The molecule has 0 unspecified atom stereocenters.